The number of hydrogen-bond donors (Lipinski definition) is 4. The van der Waals surface area contributed by atoms with Gasteiger partial charge in [0, 0.05) is 6.61 Å². The molecule has 0 radical (unpaired) electrons. The molecule has 0 aliphatic rings. The Bertz CT molecular complexity index is 651. The molecule has 0 bridgehead atoms. The normalized spacial score (nSPS) is 15.7. The van der Waals surface area contributed by atoms with Gasteiger partial charge in [0.1, 0.15) is 11.6 Å². The first-order valence-electron chi connectivity index (χ1n) is 7.54. The van der Waals surface area contributed by atoms with Gasteiger partial charge >= 0.3 is 0 Å². The van der Waals surface area contributed by atoms with E-state index in [0.717, 1.165) is 6.42 Å². The van der Waals surface area contributed by atoms with Crippen molar-refractivity contribution in [2.45, 2.75) is 49.6 Å². The Balaban J connectivity index is 2.46. The van der Waals surface area contributed by atoms with Gasteiger partial charge in [-0.1, -0.05) is 25.1 Å². The molecule has 2 aromatic heterocycles. The second-order valence-electron chi connectivity index (χ2n) is 5.35. The summed E-state index contributed by atoms with van der Waals surface area (Å²) in [5.74, 6) is 0.291. The van der Waals surface area contributed by atoms with E-state index < -0.39 is 18.2 Å². The zero-order valence-electron chi connectivity index (χ0n) is 13.3. The number of nitrogen functional groups attached to an aromatic ring is 1. The third-order valence-corrected chi connectivity index (χ3v) is 4.31. The van der Waals surface area contributed by atoms with Gasteiger partial charge in [0.2, 0.25) is 0 Å². The Hall–Kier alpha value is -1.42. The van der Waals surface area contributed by atoms with Crippen LogP contribution in [0.4, 0.5) is 5.82 Å². The van der Waals surface area contributed by atoms with E-state index in [2.05, 4.69) is 15.0 Å². The maximum absolute atomic E-state index is 10.5. The SMILES string of the molecule is CCC[C@H](C(O)C(O)CCO)n1cnc2c(N)nc(SC)nc21. The van der Waals surface area contributed by atoms with Crippen LogP contribution in [0.1, 0.15) is 32.2 Å². The van der Waals surface area contributed by atoms with Crippen molar-refractivity contribution in [1.82, 2.24) is 19.5 Å². The van der Waals surface area contributed by atoms with Gasteiger partial charge in [0.25, 0.3) is 0 Å². The molecule has 2 rings (SSSR count). The smallest absolute Gasteiger partial charge is 0.191 e. The number of fused-ring (bicyclic) bond motifs is 1. The first-order chi connectivity index (χ1) is 11.0. The van der Waals surface area contributed by atoms with Crippen molar-refractivity contribution in [3.8, 4) is 0 Å². The Morgan fingerprint density at radius 1 is 1.30 bits per heavy atom. The topological polar surface area (TPSA) is 130 Å². The van der Waals surface area contributed by atoms with Crippen molar-refractivity contribution in [2.24, 2.45) is 0 Å². The summed E-state index contributed by atoms with van der Waals surface area (Å²) in [5.41, 5.74) is 6.94. The number of nitrogens with zero attached hydrogens (tertiary/aromatic N) is 4. The quantitative estimate of drug-likeness (QED) is 0.405. The van der Waals surface area contributed by atoms with Crippen LogP contribution in [0.15, 0.2) is 11.5 Å². The highest BCUT2D eigenvalue weighted by molar-refractivity contribution is 7.98. The van der Waals surface area contributed by atoms with Gasteiger partial charge in [-0.15, -0.1) is 0 Å². The summed E-state index contributed by atoms with van der Waals surface area (Å²) in [6, 6.07) is -0.407. The summed E-state index contributed by atoms with van der Waals surface area (Å²) in [7, 11) is 0. The van der Waals surface area contributed by atoms with Crippen LogP contribution < -0.4 is 5.73 Å². The van der Waals surface area contributed by atoms with Crippen LogP contribution in [0.5, 0.6) is 0 Å². The highest BCUT2D eigenvalue weighted by Gasteiger charge is 2.29. The molecule has 0 amide bonds. The van der Waals surface area contributed by atoms with Crippen LogP contribution in [-0.2, 0) is 0 Å². The molecular weight excluding hydrogens is 318 g/mol. The molecule has 5 N–H and O–H groups in total. The van der Waals surface area contributed by atoms with Crippen LogP contribution in [0.3, 0.4) is 0 Å². The molecule has 9 heteroatoms. The fraction of sp³-hybridized carbons (Fsp3) is 0.643. The number of aliphatic hydroxyl groups is 3. The summed E-state index contributed by atoms with van der Waals surface area (Å²) in [6.07, 6.45) is 2.92. The first-order valence-corrected chi connectivity index (χ1v) is 8.76. The number of rotatable bonds is 8. The van der Waals surface area contributed by atoms with Gasteiger partial charge in [-0.2, -0.15) is 0 Å². The molecule has 23 heavy (non-hydrogen) atoms. The molecule has 0 spiro atoms. The van der Waals surface area contributed by atoms with Crippen molar-refractivity contribution < 1.29 is 15.3 Å². The van der Waals surface area contributed by atoms with E-state index >= 15 is 0 Å². The minimum atomic E-state index is -1.03. The molecule has 0 aliphatic heterocycles. The molecule has 8 nitrogen and oxygen atoms in total. The Morgan fingerprint density at radius 3 is 2.65 bits per heavy atom. The second kappa shape index (κ2) is 7.91. The average Bonchev–Trinajstić information content (AvgIpc) is 2.96. The van der Waals surface area contributed by atoms with Crippen LogP contribution in [-0.4, -0.2) is 59.9 Å². The fourth-order valence-corrected chi connectivity index (χ4v) is 2.95. The Kier molecular flexibility index (Phi) is 6.17. The number of nitrogens with two attached hydrogens (primary N) is 1. The number of thioether (sulfide) groups is 1. The number of hydrogen-bond acceptors (Lipinski definition) is 8. The van der Waals surface area contributed by atoms with E-state index in [9.17, 15) is 10.2 Å². The molecule has 128 valence electrons. The second-order valence-corrected chi connectivity index (χ2v) is 6.12. The van der Waals surface area contributed by atoms with Crippen LogP contribution in [0.25, 0.3) is 11.2 Å². The summed E-state index contributed by atoms with van der Waals surface area (Å²) >= 11 is 1.37. The van der Waals surface area contributed by atoms with Gasteiger partial charge < -0.3 is 25.6 Å². The minimum absolute atomic E-state index is 0.112. The van der Waals surface area contributed by atoms with E-state index in [1.807, 2.05) is 13.2 Å². The van der Waals surface area contributed by atoms with Crippen LogP contribution >= 0.6 is 11.8 Å². The highest BCUT2D eigenvalue weighted by atomic mass is 32.2. The lowest BCUT2D eigenvalue weighted by molar-refractivity contribution is -0.0252. The van der Waals surface area contributed by atoms with E-state index in [1.165, 1.54) is 11.8 Å². The predicted octanol–water partition coefficient (Wildman–Crippen LogP) is 0.576. The lowest BCUT2D eigenvalue weighted by Crippen LogP contribution is -2.35. The monoisotopic (exact) mass is 341 g/mol. The number of aliphatic hydroxyl groups excluding tert-OH is 3. The lowest BCUT2D eigenvalue weighted by Gasteiger charge is -2.27. The van der Waals surface area contributed by atoms with Crippen LogP contribution in [0, 0.1) is 0 Å². The molecule has 2 unspecified atom stereocenters. The highest BCUT2D eigenvalue weighted by Crippen LogP contribution is 2.28. The van der Waals surface area contributed by atoms with E-state index in [-0.39, 0.29) is 13.0 Å². The zero-order chi connectivity index (χ0) is 17.0. The van der Waals surface area contributed by atoms with Gasteiger partial charge in [-0.3, -0.25) is 0 Å². The number of anilines is 1. The molecule has 0 saturated carbocycles. The first kappa shape index (κ1) is 17.9. The molecule has 0 fully saturated rings. The van der Waals surface area contributed by atoms with Crippen molar-refractivity contribution in [3.63, 3.8) is 0 Å². The van der Waals surface area contributed by atoms with Crippen molar-refractivity contribution in [1.29, 1.82) is 0 Å². The molecule has 2 heterocycles. The molecule has 0 saturated heterocycles. The summed E-state index contributed by atoms with van der Waals surface area (Å²) in [5, 5.41) is 30.0. The average molecular weight is 341 g/mol. The maximum Gasteiger partial charge on any atom is 0.191 e. The zero-order valence-corrected chi connectivity index (χ0v) is 14.1. The summed E-state index contributed by atoms with van der Waals surface area (Å²) < 4.78 is 1.74. The van der Waals surface area contributed by atoms with E-state index in [0.29, 0.717) is 28.6 Å². The standard InChI is InChI=1S/C14H23N5O3S/c1-3-4-8(11(22)9(21)5-6-20)19-7-16-10-12(15)17-14(23-2)18-13(10)19/h7-9,11,20-22H,3-6H2,1-2H3,(H2,15,17,18)/t8-,9?,11?/m1/s1. The molecule has 0 aromatic carbocycles. The van der Waals surface area contributed by atoms with Crippen molar-refractivity contribution >= 4 is 28.7 Å². The molecular formula is C14H23N5O3S. The lowest BCUT2D eigenvalue weighted by atomic mass is 9.99. The van der Waals surface area contributed by atoms with E-state index in [1.54, 1.807) is 10.9 Å². The molecule has 0 aliphatic carbocycles. The predicted molar refractivity (Wildman–Crippen MR) is 89.2 cm³/mol. The van der Waals surface area contributed by atoms with Gasteiger partial charge in [-0.05, 0) is 19.1 Å². The maximum atomic E-state index is 10.5. The largest absolute Gasteiger partial charge is 0.396 e. The van der Waals surface area contributed by atoms with Crippen LogP contribution in [0.2, 0.25) is 0 Å². The third-order valence-electron chi connectivity index (χ3n) is 3.77. The number of imidazole rings is 1. The van der Waals surface area contributed by atoms with E-state index in [4.69, 9.17) is 10.8 Å². The van der Waals surface area contributed by atoms with Gasteiger partial charge in [-0.25, -0.2) is 15.0 Å². The molecule has 3 atom stereocenters. The Morgan fingerprint density at radius 2 is 2.04 bits per heavy atom. The van der Waals surface area contributed by atoms with Gasteiger partial charge in [0.15, 0.2) is 16.6 Å². The van der Waals surface area contributed by atoms with Crippen molar-refractivity contribution in [3.05, 3.63) is 6.33 Å². The van der Waals surface area contributed by atoms with Gasteiger partial charge in [0.05, 0.1) is 18.5 Å². The van der Waals surface area contributed by atoms with Crippen molar-refractivity contribution in [2.75, 3.05) is 18.6 Å². The third kappa shape index (κ3) is 3.74. The number of aromatic nitrogens is 4. The summed E-state index contributed by atoms with van der Waals surface area (Å²) in [4.78, 5) is 12.8. The Labute approximate surface area is 138 Å². The minimum Gasteiger partial charge on any atom is -0.396 e. The summed E-state index contributed by atoms with van der Waals surface area (Å²) in [6.45, 7) is 1.81. The fourth-order valence-electron chi connectivity index (χ4n) is 2.58. The molecule has 2 aromatic rings.